The Kier molecular flexibility index (Phi) is 5.98. The molecule has 0 spiro atoms. The van der Waals surface area contributed by atoms with Gasteiger partial charge in [-0.3, -0.25) is 0 Å². The number of carbonyl (C=O) groups excluding carboxylic acids is 1. The minimum absolute atomic E-state index is 0.0312. The first-order valence-electron chi connectivity index (χ1n) is 11.3. The van der Waals surface area contributed by atoms with Gasteiger partial charge in [0.05, 0.1) is 0 Å². The second-order valence-corrected chi connectivity index (χ2v) is 11.9. The van der Waals surface area contributed by atoms with Gasteiger partial charge >= 0.3 is 212 Å². The molecule has 184 valence electrons. The molecular formula is C24H24FIN5O4-. The SMILES string of the molecule is COc1c(F)cccc1Nc1c2[nH]c3c1C(=O)NC[C@@H]3[I-]N1CCO[C@H](COc3cnccc3-2)C1. The Morgan fingerprint density at radius 2 is 2.26 bits per heavy atom. The summed E-state index contributed by atoms with van der Waals surface area (Å²) in [7, 11) is 1.42. The van der Waals surface area contributed by atoms with Crippen molar-refractivity contribution >= 4 is 17.3 Å². The molecule has 11 heteroatoms. The van der Waals surface area contributed by atoms with E-state index < -0.39 is 27.3 Å². The molecule has 5 heterocycles. The third kappa shape index (κ3) is 4.10. The number of nitrogens with zero attached hydrogens (tertiary/aromatic N) is 2. The number of alkyl halides is 1. The maximum atomic E-state index is 14.5. The number of hydrogen-bond acceptors (Lipinski definition) is 7. The van der Waals surface area contributed by atoms with E-state index >= 15 is 0 Å². The van der Waals surface area contributed by atoms with Gasteiger partial charge < -0.3 is 0 Å². The number of aromatic nitrogens is 2. The van der Waals surface area contributed by atoms with E-state index in [2.05, 4.69) is 23.7 Å². The zero-order valence-electron chi connectivity index (χ0n) is 18.9. The summed E-state index contributed by atoms with van der Waals surface area (Å²) in [6, 6.07) is 6.51. The van der Waals surface area contributed by atoms with Gasteiger partial charge in [0.15, 0.2) is 0 Å². The Balaban J connectivity index is 1.55. The van der Waals surface area contributed by atoms with Gasteiger partial charge in [0.1, 0.15) is 0 Å². The predicted molar refractivity (Wildman–Crippen MR) is 122 cm³/mol. The molecule has 3 aliphatic rings. The second kappa shape index (κ2) is 9.28. The van der Waals surface area contributed by atoms with Crippen LogP contribution in [0.1, 0.15) is 20.0 Å². The summed E-state index contributed by atoms with van der Waals surface area (Å²) in [5, 5.41) is 6.38. The zero-order valence-corrected chi connectivity index (χ0v) is 21.1. The van der Waals surface area contributed by atoms with E-state index in [0.29, 0.717) is 48.1 Å². The molecule has 3 aliphatic heterocycles. The van der Waals surface area contributed by atoms with Crippen molar-refractivity contribution in [2.75, 3.05) is 45.3 Å². The molecule has 2 aromatic heterocycles. The van der Waals surface area contributed by atoms with Crippen molar-refractivity contribution in [2.24, 2.45) is 0 Å². The summed E-state index contributed by atoms with van der Waals surface area (Å²) in [4.78, 5) is 21.0. The molecule has 4 bridgehead atoms. The number of pyridine rings is 1. The molecule has 0 aliphatic carbocycles. The number of H-pyrrole nitrogens is 1. The molecule has 9 nitrogen and oxygen atoms in total. The zero-order chi connectivity index (χ0) is 23.9. The summed E-state index contributed by atoms with van der Waals surface area (Å²) < 4.78 is 34.6. The topological polar surface area (TPSA) is 101 Å². The number of amides is 1. The normalized spacial score (nSPS) is 23.4. The average molecular weight is 592 g/mol. The van der Waals surface area contributed by atoms with E-state index in [1.807, 2.05) is 6.07 Å². The number of ether oxygens (including phenoxy) is 3. The van der Waals surface area contributed by atoms with Crippen molar-refractivity contribution in [3.05, 3.63) is 53.7 Å². The minimum atomic E-state index is -0.490. The van der Waals surface area contributed by atoms with Crippen LogP contribution in [-0.4, -0.2) is 65.1 Å². The summed E-state index contributed by atoms with van der Waals surface area (Å²) in [6.45, 7) is 3.29. The Labute approximate surface area is 212 Å². The number of hydrogen-bond donors (Lipinski definition) is 3. The summed E-state index contributed by atoms with van der Waals surface area (Å²) in [5.41, 5.74) is 3.85. The number of fused-ring (bicyclic) bond motifs is 5. The molecule has 1 amide bonds. The van der Waals surface area contributed by atoms with Crippen LogP contribution in [0.5, 0.6) is 11.5 Å². The fourth-order valence-corrected chi connectivity index (χ4v) is 7.90. The summed E-state index contributed by atoms with van der Waals surface area (Å²) in [6.07, 6.45) is 3.32. The van der Waals surface area contributed by atoms with E-state index in [0.717, 1.165) is 24.3 Å². The van der Waals surface area contributed by atoms with Crippen LogP contribution in [0.3, 0.4) is 0 Å². The molecule has 3 N–H and O–H groups in total. The van der Waals surface area contributed by atoms with Crippen LogP contribution in [0.15, 0.2) is 36.7 Å². The molecule has 1 aromatic carbocycles. The van der Waals surface area contributed by atoms with E-state index in [1.165, 1.54) is 13.2 Å². The molecule has 1 fully saturated rings. The van der Waals surface area contributed by atoms with Crippen LogP contribution < -0.4 is 41.6 Å². The van der Waals surface area contributed by atoms with Crippen LogP contribution in [0, 0.1) is 5.82 Å². The first kappa shape index (κ1) is 22.6. The van der Waals surface area contributed by atoms with Gasteiger partial charge in [-0.15, -0.1) is 0 Å². The molecule has 0 radical (unpaired) electrons. The molecule has 1 unspecified atom stereocenters. The van der Waals surface area contributed by atoms with Crippen molar-refractivity contribution in [1.82, 2.24) is 18.4 Å². The van der Waals surface area contributed by atoms with Crippen LogP contribution in [0.2, 0.25) is 0 Å². The van der Waals surface area contributed by atoms with Gasteiger partial charge in [-0.25, -0.2) is 0 Å². The van der Waals surface area contributed by atoms with Crippen LogP contribution in [0.25, 0.3) is 11.3 Å². The first-order valence-corrected chi connectivity index (χ1v) is 13.5. The predicted octanol–water partition coefficient (Wildman–Crippen LogP) is -0.150. The third-order valence-electron chi connectivity index (χ3n) is 6.27. The Morgan fingerprint density at radius 1 is 1.34 bits per heavy atom. The van der Waals surface area contributed by atoms with Gasteiger partial charge in [0.2, 0.25) is 0 Å². The van der Waals surface area contributed by atoms with Crippen molar-refractivity contribution in [2.45, 2.75) is 10.0 Å². The standard InChI is InChI=1S/C24H24FIN5O4/c1-33-23-15(25)3-2-4-17(23)29-22-19-21-16(9-28-24(19)32)26-31-7-8-34-13(11-31)12-35-18-10-27-6-5-14(18)20(22)30-21/h2-6,10,13,16,29-30H,7-9,11-12H2,1H3,(H,28,32)/q-1/t13-,16-/m0/s1. The van der Waals surface area contributed by atoms with Crippen LogP contribution in [0.4, 0.5) is 15.8 Å². The van der Waals surface area contributed by atoms with Crippen LogP contribution in [-0.2, 0) is 4.74 Å². The Morgan fingerprint density at radius 3 is 3.14 bits per heavy atom. The van der Waals surface area contributed by atoms with Crippen LogP contribution >= 0.6 is 0 Å². The molecule has 0 saturated carbocycles. The summed E-state index contributed by atoms with van der Waals surface area (Å²) >= 11 is -0.456. The van der Waals surface area contributed by atoms with Gasteiger partial charge in [-0.1, -0.05) is 0 Å². The number of nitrogens with one attached hydrogen (secondary N) is 3. The van der Waals surface area contributed by atoms with Gasteiger partial charge in [0, 0.05) is 0 Å². The molecule has 35 heavy (non-hydrogen) atoms. The molecule has 1 saturated heterocycles. The van der Waals surface area contributed by atoms with Crippen molar-refractivity contribution in [3.8, 4) is 22.8 Å². The Bertz CT molecular complexity index is 1280. The number of benzene rings is 1. The fraction of sp³-hybridized carbons (Fsp3) is 0.333. The molecule has 6 rings (SSSR count). The number of para-hydroxylation sites is 1. The van der Waals surface area contributed by atoms with Gasteiger partial charge in [-0.05, 0) is 0 Å². The van der Waals surface area contributed by atoms with E-state index in [1.54, 1.807) is 24.5 Å². The number of morpholine rings is 1. The second-order valence-electron chi connectivity index (χ2n) is 8.43. The first-order chi connectivity index (χ1) is 17.1. The molecule has 3 aromatic rings. The molecule has 3 atom stereocenters. The quantitative estimate of drug-likeness (QED) is 0.221. The van der Waals surface area contributed by atoms with E-state index in [-0.39, 0.29) is 21.7 Å². The number of aromatic amines is 1. The average Bonchev–Trinajstić information content (AvgIpc) is 3.25. The number of anilines is 2. The van der Waals surface area contributed by atoms with Crippen molar-refractivity contribution in [1.29, 1.82) is 0 Å². The van der Waals surface area contributed by atoms with Gasteiger partial charge in [-0.2, -0.15) is 0 Å². The summed E-state index contributed by atoms with van der Waals surface area (Å²) in [5.74, 6) is -0.00879. The number of halogens is 2. The van der Waals surface area contributed by atoms with E-state index in [4.69, 9.17) is 14.2 Å². The number of carbonyl (C=O) groups is 1. The van der Waals surface area contributed by atoms with Crippen molar-refractivity contribution in [3.63, 3.8) is 0 Å². The number of methoxy groups -OCH3 is 1. The monoisotopic (exact) mass is 592 g/mol. The Hall–Kier alpha value is -2.90. The maximum absolute atomic E-state index is 14.5. The van der Waals surface area contributed by atoms with E-state index in [9.17, 15) is 9.18 Å². The number of rotatable bonds is 3. The third-order valence-corrected chi connectivity index (χ3v) is 9.67. The molecular weight excluding hydrogens is 568 g/mol. The van der Waals surface area contributed by atoms with Crippen molar-refractivity contribution < 1.29 is 44.9 Å². The fourth-order valence-electron chi connectivity index (χ4n) is 4.65. The van der Waals surface area contributed by atoms with Gasteiger partial charge in [0.25, 0.3) is 0 Å².